The Morgan fingerprint density at radius 3 is 2.53 bits per heavy atom. The Morgan fingerprint density at radius 1 is 1.53 bits per heavy atom. The molecule has 1 rings (SSSR count). The maximum atomic E-state index is 10.4. The third-order valence-corrected chi connectivity index (χ3v) is 2.31. The van der Waals surface area contributed by atoms with Crippen molar-refractivity contribution in [3.63, 3.8) is 0 Å². The summed E-state index contributed by atoms with van der Waals surface area (Å²) in [6, 6.07) is 0. The van der Waals surface area contributed by atoms with Gasteiger partial charge in [-0.15, -0.1) is 0 Å². The third-order valence-electron chi connectivity index (χ3n) is 2.03. The van der Waals surface area contributed by atoms with E-state index in [2.05, 4.69) is 9.97 Å². The van der Waals surface area contributed by atoms with E-state index in [0.29, 0.717) is 17.4 Å². The second-order valence-corrected chi connectivity index (χ2v) is 4.85. The summed E-state index contributed by atoms with van der Waals surface area (Å²) >= 11 is 5.96. The molecule has 0 fully saturated rings. The minimum Gasteiger partial charge on any atom is -0.481 e. The zero-order valence-electron chi connectivity index (χ0n) is 9.09. The van der Waals surface area contributed by atoms with Crippen LogP contribution >= 0.6 is 11.6 Å². The van der Waals surface area contributed by atoms with Crippen molar-refractivity contribution >= 4 is 17.6 Å². The van der Waals surface area contributed by atoms with Crippen LogP contribution in [0.3, 0.4) is 0 Å². The van der Waals surface area contributed by atoms with Gasteiger partial charge in [0.15, 0.2) is 5.15 Å². The molecule has 0 aromatic carbocycles. The monoisotopic (exact) mass is 230 g/mol. The van der Waals surface area contributed by atoms with Gasteiger partial charge >= 0.3 is 5.97 Å². The minimum absolute atomic E-state index is 0.0629. The van der Waals surface area contributed by atoms with Gasteiger partial charge in [-0.3, -0.25) is 4.79 Å². The molecule has 1 heterocycles. The summed E-state index contributed by atoms with van der Waals surface area (Å²) in [4.78, 5) is 17.6. The molecule has 0 bridgehead atoms. The van der Waals surface area contributed by atoms with E-state index in [9.17, 15) is 4.79 Å². The van der Waals surface area contributed by atoms with Crippen molar-refractivity contribution in [3.05, 3.63) is 16.7 Å². The number of imidazole rings is 1. The van der Waals surface area contributed by atoms with E-state index in [1.165, 1.54) is 0 Å². The Bertz CT molecular complexity index is 366. The molecule has 0 unspecified atom stereocenters. The molecule has 0 amide bonds. The van der Waals surface area contributed by atoms with E-state index < -0.39 is 5.97 Å². The lowest BCUT2D eigenvalue weighted by Crippen LogP contribution is -2.12. The number of carboxylic acid groups (broad SMARTS) is 1. The Kier molecular flexibility index (Phi) is 3.39. The Morgan fingerprint density at radius 2 is 2.13 bits per heavy atom. The van der Waals surface area contributed by atoms with Crippen LogP contribution in [0, 0.1) is 0 Å². The Balaban J connectivity index is 2.82. The number of nitrogens with one attached hydrogen (secondary N) is 1. The summed E-state index contributed by atoms with van der Waals surface area (Å²) in [5, 5.41) is 8.97. The third kappa shape index (κ3) is 3.23. The lowest BCUT2D eigenvalue weighted by atomic mass is 9.93. The first-order valence-electron chi connectivity index (χ1n) is 4.77. The molecule has 0 radical (unpaired) electrons. The van der Waals surface area contributed by atoms with Crippen molar-refractivity contribution in [3.8, 4) is 0 Å². The molecule has 2 N–H and O–H groups in total. The van der Waals surface area contributed by atoms with Crippen molar-refractivity contribution in [1.29, 1.82) is 0 Å². The van der Waals surface area contributed by atoms with Gasteiger partial charge in [-0.25, -0.2) is 4.98 Å². The molecule has 4 nitrogen and oxygen atoms in total. The van der Waals surface area contributed by atoms with Crippen LogP contribution in [0.1, 0.15) is 38.7 Å². The summed E-state index contributed by atoms with van der Waals surface area (Å²) < 4.78 is 0. The lowest BCUT2D eigenvalue weighted by Gasteiger charge is -2.16. The normalized spacial score (nSPS) is 11.7. The number of rotatable bonds is 3. The molecule has 1 aromatic rings. The number of carbonyl (C=O) groups is 1. The lowest BCUT2D eigenvalue weighted by molar-refractivity contribution is -0.137. The molecule has 0 aliphatic heterocycles. The number of aromatic amines is 1. The SMILES string of the molecule is CC(C)(C)c1[nH]c(CCC(=O)O)nc1Cl. The average molecular weight is 231 g/mol. The number of aliphatic carboxylic acids is 1. The molecule has 0 atom stereocenters. The van der Waals surface area contributed by atoms with E-state index in [1.807, 2.05) is 20.8 Å². The van der Waals surface area contributed by atoms with Crippen LogP contribution in [-0.4, -0.2) is 21.0 Å². The van der Waals surface area contributed by atoms with Gasteiger partial charge in [-0.2, -0.15) is 0 Å². The molecule has 15 heavy (non-hydrogen) atoms. The number of carboxylic acids is 1. The first kappa shape index (κ1) is 12.0. The fourth-order valence-corrected chi connectivity index (χ4v) is 1.67. The van der Waals surface area contributed by atoms with Gasteiger partial charge in [-0.1, -0.05) is 32.4 Å². The van der Waals surface area contributed by atoms with E-state index in [0.717, 1.165) is 5.69 Å². The smallest absolute Gasteiger partial charge is 0.303 e. The van der Waals surface area contributed by atoms with Gasteiger partial charge in [-0.05, 0) is 0 Å². The first-order valence-corrected chi connectivity index (χ1v) is 5.15. The first-order chi connectivity index (χ1) is 6.80. The predicted molar refractivity (Wildman–Crippen MR) is 58.3 cm³/mol. The topological polar surface area (TPSA) is 66.0 Å². The predicted octanol–water partition coefficient (Wildman–Crippen LogP) is 2.38. The summed E-state index contributed by atoms with van der Waals surface area (Å²) in [5.74, 6) is -0.202. The fourth-order valence-electron chi connectivity index (χ4n) is 1.24. The minimum atomic E-state index is -0.833. The summed E-state index contributed by atoms with van der Waals surface area (Å²) in [6.07, 6.45) is 0.443. The summed E-state index contributed by atoms with van der Waals surface area (Å²) in [7, 11) is 0. The molecular weight excluding hydrogens is 216 g/mol. The molecule has 0 saturated carbocycles. The van der Waals surface area contributed by atoms with Crippen LogP contribution in [-0.2, 0) is 16.6 Å². The van der Waals surface area contributed by atoms with Crippen LogP contribution in [0.4, 0.5) is 0 Å². The molecule has 0 spiro atoms. The highest BCUT2D eigenvalue weighted by Crippen LogP contribution is 2.27. The Hall–Kier alpha value is -1.03. The van der Waals surface area contributed by atoms with E-state index in [-0.39, 0.29) is 11.8 Å². The molecule has 5 heteroatoms. The zero-order valence-corrected chi connectivity index (χ0v) is 9.85. The molecule has 1 aromatic heterocycles. The van der Waals surface area contributed by atoms with E-state index in [4.69, 9.17) is 16.7 Å². The number of nitrogens with zero attached hydrogens (tertiary/aromatic N) is 1. The number of H-pyrrole nitrogens is 1. The second-order valence-electron chi connectivity index (χ2n) is 4.49. The quantitative estimate of drug-likeness (QED) is 0.838. The highest BCUT2D eigenvalue weighted by Gasteiger charge is 2.21. The van der Waals surface area contributed by atoms with Gasteiger partial charge in [0.25, 0.3) is 0 Å². The van der Waals surface area contributed by atoms with Crippen molar-refractivity contribution in [2.45, 2.75) is 39.0 Å². The highest BCUT2D eigenvalue weighted by atomic mass is 35.5. The van der Waals surface area contributed by atoms with Crippen LogP contribution < -0.4 is 0 Å². The van der Waals surface area contributed by atoms with Crippen molar-refractivity contribution in [2.75, 3.05) is 0 Å². The molecule has 84 valence electrons. The van der Waals surface area contributed by atoms with E-state index in [1.54, 1.807) is 0 Å². The second kappa shape index (κ2) is 4.23. The molecule has 0 saturated heterocycles. The van der Waals surface area contributed by atoms with Crippen molar-refractivity contribution < 1.29 is 9.90 Å². The van der Waals surface area contributed by atoms with Crippen molar-refractivity contribution in [1.82, 2.24) is 9.97 Å². The van der Waals surface area contributed by atoms with Crippen molar-refractivity contribution in [2.24, 2.45) is 0 Å². The molecule has 0 aliphatic rings. The maximum Gasteiger partial charge on any atom is 0.303 e. The molecular formula is C10H15ClN2O2. The van der Waals surface area contributed by atoms with Crippen LogP contribution in [0.15, 0.2) is 0 Å². The van der Waals surface area contributed by atoms with Crippen LogP contribution in [0.5, 0.6) is 0 Å². The standard InChI is InChI=1S/C10H15ClN2O2/c1-10(2,3)8-9(11)13-6(12-8)4-5-7(14)15/h4-5H2,1-3H3,(H,12,13)(H,14,15). The zero-order chi connectivity index (χ0) is 11.6. The summed E-state index contributed by atoms with van der Waals surface area (Å²) in [5.41, 5.74) is 0.746. The van der Waals surface area contributed by atoms with Gasteiger partial charge in [0, 0.05) is 11.8 Å². The number of hydrogen-bond donors (Lipinski definition) is 2. The Labute approximate surface area is 93.7 Å². The summed E-state index contributed by atoms with van der Waals surface area (Å²) in [6.45, 7) is 6.06. The van der Waals surface area contributed by atoms with Gasteiger partial charge in [0.05, 0.1) is 12.1 Å². The van der Waals surface area contributed by atoms with E-state index >= 15 is 0 Å². The average Bonchev–Trinajstić information content (AvgIpc) is 2.42. The number of hydrogen-bond acceptors (Lipinski definition) is 2. The number of aryl methyl sites for hydroxylation is 1. The highest BCUT2D eigenvalue weighted by molar-refractivity contribution is 6.30. The maximum absolute atomic E-state index is 10.4. The number of aromatic nitrogens is 2. The van der Waals surface area contributed by atoms with Gasteiger partial charge in [0.1, 0.15) is 5.82 Å². The van der Waals surface area contributed by atoms with Crippen LogP contribution in [0.25, 0.3) is 0 Å². The van der Waals surface area contributed by atoms with Crippen LogP contribution in [0.2, 0.25) is 5.15 Å². The fraction of sp³-hybridized carbons (Fsp3) is 0.600. The van der Waals surface area contributed by atoms with Gasteiger partial charge < -0.3 is 10.1 Å². The largest absolute Gasteiger partial charge is 0.481 e. The number of halogens is 1. The molecule has 0 aliphatic carbocycles. The van der Waals surface area contributed by atoms with Gasteiger partial charge in [0.2, 0.25) is 0 Å².